The fraction of sp³-hybridized carbons (Fsp3) is 0.822. The topological polar surface area (TPSA) is 195 Å². The summed E-state index contributed by atoms with van der Waals surface area (Å²) in [4.78, 5) is 35.1. The summed E-state index contributed by atoms with van der Waals surface area (Å²) in [6, 6.07) is 0. The molecule has 1 unspecified atom stereocenters. The number of aliphatic hydroxyl groups is 3. The summed E-state index contributed by atoms with van der Waals surface area (Å²) in [7, 11) is -4.44. The van der Waals surface area contributed by atoms with Crippen molar-refractivity contribution >= 4 is 19.8 Å². The average molecular weight is 844 g/mol. The molecule has 0 heterocycles. The predicted molar refractivity (Wildman–Crippen MR) is 231 cm³/mol. The van der Waals surface area contributed by atoms with E-state index in [1.807, 2.05) is 18.2 Å². The maximum atomic E-state index is 12.6. The number of esters is 2. The minimum absolute atomic E-state index is 0.0175. The van der Waals surface area contributed by atoms with Gasteiger partial charge in [0.2, 0.25) is 0 Å². The van der Waals surface area contributed by atoms with Gasteiger partial charge >= 0.3 is 19.8 Å². The number of hydrogen-bond donors (Lipinski definition) is 5. The largest absolute Gasteiger partial charge is 0.472 e. The first-order valence-corrected chi connectivity index (χ1v) is 24.2. The molecule has 0 aromatic carbocycles. The zero-order chi connectivity index (χ0) is 42.7. The summed E-state index contributed by atoms with van der Waals surface area (Å²) in [5, 5.41) is 31.3. The quantitative estimate of drug-likeness (QED) is 0.0171. The molecular formula is C45H82NO11P. The van der Waals surface area contributed by atoms with E-state index in [4.69, 9.17) is 24.3 Å². The summed E-state index contributed by atoms with van der Waals surface area (Å²) in [5.41, 5.74) is 5.35. The Morgan fingerprint density at radius 1 is 0.724 bits per heavy atom. The summed E-state index contributed by atoms with van der Waals surface area (Å²) in [6.45, 7) is 3.35. The maximum Gasteiger partial charge on any atom is 0.472 e. The molecule has 1 fully saturated rings. The lowest BCUT2D eigenvalue weighted by atomic mass is 9.89. The highest BCUT2D eigenvalue weighted by molar-refractivity contribution is 7.47. The first-order chi connectivity index (χ1) is 28.0. The normalized spacial score (nSPS) is 20.6. The lowest BCUT2D eigenvalue weighted by Crippen LogP contribution is -2.29. The second-order valence-corrected chi connectivity index (χ2v) is 17.3. The van der Waals surface area contributed by atoms with Crippen LogP contribution in [0.15, 0.2) is 36.5 Å². The lowest BCUT2D eigenvalue weighted by Gasteiger charge is -2.20. The number of ether oxygens (including phenoxy) is 2. The van der Waals surface area contributed by atoms with Crippen LogP contribution in [0.4, 0.5) is 0 Å². The van der Waals surface area contributed by atoms with E-state index in [9.17, 15) is 34.4 Å². The van der Waals surface area contributed by atoms with E-state index < -0.39 is 50.8 Å². The number of unbranched alkanes of at least 4 members (excludes halogenated alkanes) is 16. The van der Waals surface area contributed by atoms with Crippen LogP contribution in [0.2, 0.25) is 0 Å². The summed E-state index contributed by atoms with van der Waals surface area (Å²) in [5.74, 6) is -1.43. The Kier molecular flexibility index (Phi) is 33.4. The van der Waals surface area contributed by atoms with Gasteiger partial charge in [0.25, 0.3) is 0 Å². The van der Waals surface area contributed by atoms with Crippen molar-refractivity contribution in [3.8, 4) is 0 Å². The zero-order valence-corrected chi connectivity index (χ0v) is 37.0. The molecule has 13 heteroatoms. The molecule has 1 aliphatic carbocycles. The van der Waals surface area contributed by atoms with Gasteiger partial charge in [-0.3, -0.25) is 18.6 Å². The Labute approximate surface area is 351 Å². The number of nitrogens with two attached hydrogens (primary N) is 1. The molecule has 1 saturated carbocycles. The van der Waals surface area contributed by atoms with Gasteiger partial charge in [0.1, 0.15) is 6.61 Å². The minimum atomic E-state index is -4.44. The highest BCUT2D eigenvalue weighted by Gasteiger charge is 2.39. The van der Waals surface area contributed by atoms with Gasteiger partial charge in [-0.05, 0) is 63.7 Å². The van der Waals surface area contributed by atoms with Gasteiger partial charge in [0.15, 0.2) is 6.10 Å². The Balaban J connectivity index is 2.38. The number of phosphoric acid groups is 1. The Morgan fingerprint density at radius 2 is 1.29 bits per heavy atom. The smallest absolute Gasteiger partial charge is 0.462 e. The van der Waals surface area contributed by atoms with Gasteiger partial charge in [-0.15, -0.1) is 0 Å². The summed E-state index contributed by atoms with van der Waals surface area (Å²) in [6.07, 6.45) is 32.7. The van der Waals surface area contributed by atoms with Gasteiger partial charge < -0.3 is 35.4 Å². The molecule has 0 aliphatic heterocycles. The van der Waals surface area contributed by atoms with Crippen LogP contribution in [0, 0.1) is 11.8 Å². The fourth-order valence-electron chi connectivity index (χ4n) is 7.09. The number of carbonyl (C=O) groups excluding carboxylic acids is 2. The van der Waals surface area contributed by atoms with Crippen molar-refractivity contribution in [3.63, 3.8) is 0 Å². The van der Waals surface area contributed by atoms with Gasteiger partial charge in [-0.1, -0.05) is 134 Å². The lowest BCUT2D eigenvalue weighted by molar-refractivity contribution is -0.161. The van der Waals surface area contributed by atoms with E-state index in [1.54, 1.807) is 6.08 Å². The van der Waals surface area contributed by atoms with Crippen LogP contribution >= 0.6 is 7.82 Å². The van der Waals surface area contributed by atoms with Crippen LogP contribution < -0.4 is 5.73 Å². The molecule has 12 nitrogen and oxygen atoms in total. The highest BCUT2D eigenvalue weighted by Crippen LogP contribution is 2.43. The molecule has 1 aliphatic rings. The molecule has 6 N–H and O–H groups in total. The molecule has 338 valence electrons. The van der Waals surface area contributed by atoms with Crippen LogP contribution in [0.5, 0.6) is 0 Å². The Hall–Kier alpha value is -1.89. The van der Waals surface area contributed by atoms with E-state index in [1.165, 1.54) is 64.2 Å². The molecule has 7 atom stereocenters. The van der Waals surface area contributed by atoms with Gasteiger partial charge in [0, 0.05) is 31.7 Å². The Bertz CT molecular complexity index is 1170. The maximum absolute atomic E-state index is 12.6. The summed E-state index contributed by atoms with van der Waals surface area (Å²) < 4.78 is 32.8. The van der Waals surface area contributed by atoms with Crippen molar-refractivity contribution in [1.29, 1.82) is 0 Å². The molecule has 0 spiro atoms. The predicted octanol–water partition coefficient (Wildman–Crippen LogP) is 9.32. The van der Waals surface area contributed by atoms with Crippen LogP contribution in [0.1, 0.15) is 174 Å². The molecule has 58 heavy (non-hydrogen) atoms. The number of hydrogen-bond acceptors (Lipinski definition) is 11. The van der Waals surface area contributed by atoms with Crippen LogP contribution in [0.3, 0.4) is 0 Å². The van der Waals surface area contributed by atoms with E-state index in [-0.39, 0.29) is 44.4 Å². The van der Waals surface area contributed by atoms with E-state index in [0.29, 0.717) is 38.5 Å². The number of phosphoric ester groups is 1. The summed E-state index contributed by atoms with van der Waals surface area (Å²) >= 11 is 0. The van der Waals surface area contributed by atoms with Crippen LogP contribution in [-0.2, 0) is 32.7 Å². The number of rotatable bonds is 38. The average Bonchev–Trinajstić information content (AvgIpc) is 3.47. The third-order valence-corrected chi connectivity index (χ3v) is 11.6. The minimum Gasteiger partial charge on any atom is -0.462 e. The number of carbonyl (C=O) groups is 2. The third-order valence-electron chi connectivity index (χ3n) is 10.6. The second kappa shape index (κ2) is 35.8. The Morgan fingerprint density at radius 3 is 1.95 bits per heavy atom. The van der Waals surface area contributed by atoms with Gasteiger partial charge in [-0.25, -0.2) is 4.57 Å². The highest BCUT2D eigenvalue weighted by atomic mass is 31.2. The molecule has 1 rings (SSSR count). The second-order valence-electron chi connectivity index (χ2n) is 15.9. The van der Waals surface area contributed by atoms with Crippen molar-refractivity contribution < 1.29 is 52.9 Å². The fourth-order valence-corrected chi connectivity index (χ4v) is 7.86. The zero-order valence-electron chi connectivity index (χ0n) is 36.1. The van der Waals surface area contributed by atoms with Crippen molar-refractivity contribution in [1.82, 2.24) is 0 Å². The molecule has 0 saturated heterocycles. The van der Waals surface area contributed by atoms with E-state index >= 15 is 0 Å². The van der Waals surface area contributed by atoms with Crippen molar-refractivity contribution in [2.75, 3.05) is 26.4 Å². The third kappa shape index (κ3) is 29.4. The van der Waals surface area contributed by atoms with Crippen molar-refractivity contribution in [2.24, 2.45) is 17.6 Å². The van der Waals surface area contributed by atoms with Crippen LogP contribution in [-0.4, -0.2) is 82.9 Å². The molecule has 0 radical (unpaired) electrons. The SMILES string of the molecule is CCCCCCCC/C=C\CCCCCCCCCC(=O)O[C@H](COC(=O)CCC/C=C/C[C@@H]1[C@@H](/C=C/[C@@H](O)CCCCC)[C@H](O)C[C@@H]1O)COP(=O)(O)OCCN. The molecule has 0 bridgehead atoms. The first kappa shape index (κ1) is 54.1. The van der Waals surface area contributed by atoms with Crippen molar-refractivity contribution in [2.45, 2.75) is 199 Å². The van der Waals surface area contributed by atoms with E-state index in [2.05, 4.69) is 26.0 Å². The van der Waals surface area contributed by atoms with E-state index in [0.717, 1.165) is 44.9 Å². The monoisotopic (exact) mass is 844 g/mol. The number of aliphatic hydroxyl groups excluding tert-OH is 3. The number of allylic oxidation sites excluding steroid dienone is 4. The van der Waals surface area contributed by atoms with Crippen molar-refractivity contribution in [3.05, 3.63) is 36.5 Å². The first-order valence-electron chi connectivity index (χ1n) is 22.7. The van der Waals surface area contributed by atoms with Crippen LogP contribution in [0.25, 0.3) is 0 Å². The van der Waals surface area contributed by atoms with Gasteiger partial charge in [0.05, 0.1) is 31.5 Å². The van der Waals surface area contributed by atoms with Gasteiger partial charge in [-0.2, -0.15) is 0 Å². The standard InChI is InChI=1S/C45H82NO11P/c1-3-5-7-8-9-10-11-12-13-14-15-16-17-18-19-20-26-30-45(51)57-39(37-56-58(52,53)55-34-33-46)36-54-44(50)29-25-22-21-24-28-40-41(43(49)35-42(40)48)32-31-38(47)27-23-6-4-2/h12-13,21,24,31-32,38-43,47-49H,3-11,14-20,22-23,25-30,33-37,46H2,1-2H3,(H,52,53)/b13-12-,24-21+,32-31+/t38-,39+,40+,41+,42-,43+/m0/s1. The molecule has 0 aromatic rings. The molecular weight excluding hydrogens is 761 g/mol. The molecule has 0 amide bonds. The molecule has 0 aromatic heterocycles.